The van der Waals surface area contributed by atoms with Gasteiger partial charge in [-0.2, -0.15) is 9.78 Å². The molecule has 0 radical (unpaired) electrons. The summed E-state index contributed by atoms with van der Waals surface area (Å²) in [5.41, 5.74) is 1.43. The average Bonchev–Trinajstić information content (AvgIpc) is 3.17. The van der Waals surface area contributed by atoms with Crippen LogP contribution in [-0.4, -0.2) is 45.4 Å². The molecule has 0 spiro atoms. The minimum absolute atomic E-state index is 0.209. The van der Waals surface area contributed by atoms with Crippen molar-refractivity contribution in [2.24, 2.45) is 0 Å². The summed E-state index contributed by atoms with van der Waals surface area (Å²) in [5, 5.41) is 4.46. The van der Waals surface area contributed by atoms with Gasteiger partial charge in [0.05, 0.1) is 12.3 Å². The molecular weight excluding hydrogens is 364 g/mol. The molecule has 1 unspecified atom stereocenters. The first-order valence-corrected chi connectivity index (χ1v) is 10.2. The molecule has 0 saturated carbocycles. The van der Waals surface area contributed by atoms with Crippen molar-refractivity contribution in [3.63, 3.8) is 0 Å². The van der Waals surface area contributed by atoms with Gasteiger partial charge in [-0.25, -0.2) is 4.98 Å². The molecule has 1 saturated heterocycles. The number of aromatic nitrogens is 3. The second-order valence-electron chi connectivity index (χ2n) is 7.41. The minimum Gasteiger partial charge on any atom is -0.494 e. The van der Waals surface area contributed by atoms with E-state index in [2.05, 4.69) is 21.9 Å². The summed E-state index contributed by atoms with van der Waals surface area (Å²) >= 11 is 0. The zero-order valence-electron chi connectivity index (χ0n) is 16.7. The Morgan fingerprint density at radius 3 is 2.69 bits per heavy atom. The van der Waals surface area contributed by atoms with Crippen LogP contribution >= 0.6 is 0 Å². The Morgan fingerprint density at radius 1 is 1.10 bits per heavy atom. The van der Waals surface area contributed by atoms with Gasteiger partial charge in [-0.1, -0.05) is 6.07 Å². The van der Waals surface area contributed by atoms with E-state index in [9.17, 15) is 4.79 Å². The molecule has 2 aromatic heterocycles. The fourth-order valence-corrected chi connectivity index (χ4v) is 3.71. The maximum absolute atomic E-state index is 12.2. The summed E-state index contributed by atoms with van der Waals surface area (Å²) in [6.07, 6.45) is 5.30. The molecule has 29 heavy (non-hydrogen) atoms. The number of pyridine rings is 1. The molecule has 6 nitrogen and oxygen atoms in total. The van der Waals surface area contributed by atoms with Crippen LogP contribution in [0.25, 0.3) is 17.1 Å². The van der Waals surface area contributed by atoms with Gasteiger partial charge in [0.25, 0.3) is 5.56 Å². The van der Waals surface area contributed by atoms with Crippen LogP contribution in [-0.2, 0) is 0 Å². The van der Waals surface area contributed by atoms with Crippen molar-refractivity contribution in [2.45, 2.75) is 32.2 Å². The third kappa shape index (κ3) is 4.71. The number of benzene rings is 1. The molecule has 6 heteroatoms. The van der Waals surface area contributed by atoms with Crippen molar-refractivity contribution in [3.05, 3.63) is 71.1 Å². The molecule has 1 atom stereocenters. The molecule has 3 heterocycles. The Kier molecular flexibility index (Phi) is 6.00. The SMILES string of the molecule is CC1CCCN1CCCOc1ccc(-c2ccc(=O)n(-c3ccccn3)n2)cc1. The predicted molar refractivity (Wildman–Crippen MR) is 113 cm³/mol. The van der Waals surface area contributed by atoms with Crippen molar-refractivity contribution < 1.29 is 4.74 Å². The topological polar surface area (TPSA) is 60.2 Å². The number of rotatable bonds is 7. The van der Waals surface area contributed by atoms with E-state index in [0.29, 0.717) is 24.2 Å². The Labute approximate surface area is 170 Å². The maximum Gasteiger partial charge on any atom is 0.272 e. The van der Waals surface area contributed by atoms with Crippen molar-refractivity contribution in [1.82, 2.24) is 19.7 Å². The lowest BCUT2D eigenvalue weighted by Crippen LogP contribution is -2.28. The third-order valence-corrected chi connectivity index (χ3v) is 5.37. The Hall–Kier alpha value is -2.99. The predicted octanol–water partition coefficient (Wildman–Crippen LogP) is 3.55. The van der Waals surface area contributed by atoms with Gasteiger partial charge >= 0.3 is 0 Å². The number of nitrogens with zero attached hydrogens (tertiary/aromatic N) is 4. The quantitative estimate of drug-likeness (QED) is 0.578. The highest BCUT2D eigenvalue weighted by molar-refractivity contribution is 5.59. The third-order valence-electron chi connectivity index (χ3n) is 5.37. The highest BCUT2D eigenvalue weighted by Crippen LogP contribution is 2.21. The second kappa shape index (κ2) is 9.01. The van der Waals surface area contributed by atoms with Crippen LogP contribution < -0.4 is 10.3 Å². The van der Waals surface area contributed by atoms with Crippen LogP contribution in [0, 0.1) is 0 Å². The summed E-state index contributed by atoms with van der Waals surface area (Å²) in [7, 11) is 0. The fraction of sp³-hybridized carbons (Fsp3) is 0.348. The number of hydrogen-bond acceptors (Lipinski definition) is 5. The Bertz CT molecular complexity index is 986. The van der Waals surface area contributed by atoms with Crippen molar-refractivity contribution >= 4 is 0 Å². The van der Waals surface area contributed by atoms with Crippen molar-refractivity contribution in [2.75, 3.05) is 19.7 Å². The lowest BCUT2D eigenvalue weighted by Gasteiger charge is -2.20. The Morgan fingerprint density at radius 2 is 1.97 bits per heavy atom. The highest BCUT2D eigenvalue weighted by atomic mass is 16.5. The fourth-order valence-electron chi connectivity index (χ4n) is 3.71. The number of likely N-dealkylation sites (tertiary alicyclic amines) is 1. The lowest BCUT2D eigenvalue weighted by molar-refractivity contribution is 0.230. The first-order chi connectivity index (χ1) is 14.2. The molecular formula is C23H26N4O2. The average molecular weight is 390 g/mol. The van der Waals surface area contributed by atoms with Gasteiger partial charge in [0.2, 0.25) is 0 Å². The maximum atomic E-state index is 12.2. The van der Waals surface area contributed by atoms with E-state index in [4.69, 9.17) is 4.74 Å². The minimum atomic E-state index is -0.209. The molecule has 0 aliphatic carbocycles. The highest BCUT2D eigenvalue weighted by Gasteiger charge is 2.19. The van der Waals surface area contributed by atoms with Gasteiger partial charge in [0.1, 0.15) is 5.75 Å². The first-order valence-electron chi connectivity index (χ1n) is 10.2. The van der Waals surface area contributed by atoms with Gasteiger partial charge in [-0.3, -0.25) is 4.79 Å². The molecule has 1 aliphatic heterocycles. The van der Waals surface area contributed by atoms with E-state index in [-0.39, 0.29) is 5.56 Å². The molecule has 1 aromatic carbocycles. The summed E-state index contributed by atoms with van der Waals surface area (Å²) in [4.78, 5) is 18.9. The zero-order chi connectivity index (χ0) is 20.1. The molecule has 1 fully saturated rings. The van der Waals surface area contributed by atoms with Crippen LogP contribution in [0.3, 0.4) is 0 Å². The summed E-state index contributed by atoms with van der Waals surface area (Å²) in [6, 6.07) is 17.2. The summed E-state index contributed by atoms with van der Waals surface area (Å²) < 4.78 is 7.21. The van der Waals surface area contributed by atoms with Crippen LogP contribution in [0.4, 0.5) is 0 Å². The molecule has 3 aromatic rings. The van der Waals surface area contributed by atoms with Crippen LogP contribution in [0.5, 0.6) is 5.75 Å². The van der Waals surface area contributed by atoms with E-state index in [1.165, 1.54) is 30.1 Å². The molecule has 0 bridgehead atoms. The summed E-state index contributed by atoms with van der Waals surface area (Å²) in [5.74, 6) is 1.35. The number of ether oxygens (including phenoxy) is 1. The van der Waals surface area contributed by atoms with Crippen molar-refractivity contribution in [1.29, 1.82) is 0 Å². The molecule has 0 amide bonds. The number of hydrogen-bond donors (Lipinski definition) is 0. The lowest BCUT2D eigenvalue weighted by atomic mass is 10.1. The largest absolute Gasteiger partial charge is 0.494 e. The van der Waals surface area contributed by atoms with E-state index >= 15 is 0 Å². The van der Waals surface area contributed by atoms with E-state index in [1.54, 1.807) is 18.3 Å². The molecule has 4 rings (SSSR count). The van der Waals surface area contributed by atoms with Crippen molar-refractivity contribution in [3.8, 4) is 22.8 Å². The smallest absolute Gasteiger partial charge is 0.272 e. The van der Waals surface area contributed by atoms with Crippen LogP contribution in [0.2, 0.25) is 0 Å². The van der Waals surface area contributed by atoms with Gasteiger partial charge < -0.3 is 9.64 Å². The first kappa shape index (κ1) is 19.3. The van der Waals surface area contributed by atoms with Gasteiger partial charge in [0, 0.05) is 30.4 Å². The zero-order valence-corrected chi connectivity index (χ0v) is 16.7. The molecule has 1 aliphatic rings. The standard InChI is InChI=1S/C23H26N4O2/c1-18-6-4-15-26(18)16-5-17-29-20-10-8-19(9-11-20)21-12-13-23(28)27(25-21)22-7-2-3-14-24-22/h2-3,7-14,18H,4-6,15-17H2,1H3. The second-order valence-corrected chi connectivity index (χ2v) is 7.41. The molecule has 150 valence electrons. The monoisotopic (exact) mass is 390 g/mol. The summed E-state index contributed by atoms with van der Waals surface area (Å²) in [6.45, 7) is 5.32. The van der Waals surface area contributed by atoms with Crippen LogP contribution in [0.1, 0.15) is 26.2 Å². The van der Waals surface area contributed by atoms with Crippen LogP contribution in [0.15, 0.2) is 65.6 Å². The van der Waals surface area contributed by atoms with Gasteiger partial charge in [0.15, 0.2) is 5.82 Å². The Balaban J connectivity index is 1.38. The van der Waals surface area contributed by atoms with E-state index < -0.39 is 0 Å². The normalized spacial score (nSPS) is 16.8. The van der Waals surface area contributed by atoms with E-state index in [1.807, 2.05) is 36.4 Å². The van der Waals surface area contributed by atoms with Gasteiger partial charge in [-0.15, -0.1) is 0 Å². The van der Waals surface area contributed by atoms with E-state index in [0.717, 1.165) is 24.3 Å². The van der Waals surface area contributed by atoms with Gasteiger partial charge in [-0.05, 0) is 75.2 Å². The molecule has 0 N–H and O–H groups in total.